The number of nitrogen functional groups attached to an aromatic ring is 1. The number of anilines is 1. The summed E-state index contributed by atoms with van der Waals surface area (Å²) >= 11 is 3.22. The molecule has 0 spiro atoms. The topological polar surface area (TPSA) is 77.8 Å². The standard InChI is InChI=1S/C13H8BrFN4O/c14-8-3-7(4-9(15)5-8)12-18-13(20-19-12)10-1-2-17-6-11(10)16/h1-6H,16H2. The smallest absolute Gasteiger partial charge is 0.260 e. The molecule has 0 atom stereocenters. The van der Waals surface area contributed by atoms with E-state index in [-0.39, 0.29) is 17.5 Å². The molecule has 0 fully saturated rings. The Morgan fingerprint density at radius 3 is 2.85 bits per heavy atom. The van der Waals surface area contributed by atoms with Crippen molar-refractivity contribution in [3.63, 3.8) is 0 Å². The molecule has 0 amide bonds. The number of pyridine rings is 1. The van der Waals surface area contributed by atoms with E-state index in [1.165, 1.54) is 18.3 Å². The molecule has 5 nitrogen and oxygen atoms in total. The third-order valence-corrected chi connectivity index (χ3v) is 3.09. The molecular weight excluding hydrogens is 327 g/mol. The normalized spacial score (nSPS) is 10.7. The number of nitrogens with two attached hydrogens (primary N) is 1. The maximum atomic E-state index is 13.4. The summed E-state index contributed by atoms with van der Waals surface area (Å²) in [6, 6.07) is 6.06. The van der Waals surface area contributed by atoms with Gasteiger partial charge in [-0.1, -0.05) is 21.1 Å². The van der Waals surface area contributed by atoms with E-state index in [1.54, 1.807) is 18.3 Å². The molecule has 100 valence electrons. The van der Waals surface area contributed by atoms with Crippen molar-refractivity contribution in [2.45, 2.75) is 0 Å². The first-order chi connectivity index (χ1) is 9.63. The van der Waals surface area contributed by atoms with E-state index in [0.717, 1.165) is 0 Å². The van der Waals surface area contributed by atoms with E-state index in [4.69, 9.17) is 10.3 Å². The van der Waals surface area contributed by atoms with Gasteiger partial charge in [0.1, 0.15) is 5.82 Å². The van der Waals surface area contributed by atoms with E-state index in [2.05, 4.69) is 31.1 Å². The average Bonchev–Trinajstić information content (AvgIpc) is 2.87. The molecule has 0 radical (unpaired) electrons. The molecule has 20 heavy (non-hydrogen) atoms. The fourth-order valence-corrected chi connectivity index (χ4v) is 2.20. The van der Waals surface area contributed by atoms with Crippen LogP contribution in [-0.4, -0.2) is 15.1 Å². The molecule has 0 aliphatic heterocycles. The van der Waals surface area contributed by atoms with Gasteiger partial charge in [0.15, 0.2) is 0 Å². The number of nitrogens with zero attached hydrogens (tertiary/aromatic N) is 3. The molecule has 3 aromatic rings. The number of hydrogen-bond acceptors (Lipinski definition) is 5. The summed E-state index contributed by atoms with van der Waals surface area (Å²) in [6.45, 7) is 0. The Hall–Kier alpha value is -2.28. The molecule has 2 aromatic heterocycles. The van der Waals surface area contributed by atoms with Gasteiger partial charge in [-0.15, -0.1) is 0 Å². The van der Waals surface area contributed by atoms with Crippen molar-refractivity contribution in [2.24, 2.45) is 0 Å². The first-order valence-electron chi connectivity index (χ1n) is 5.63. The van der Waals surface area contributed by atoms with Gasteiger partial charge in [0.25, 0.3) is 5.89 Å². The van der Waals surface area contributed by atoms with Crippen molar-refractivity contribution < 1.29 is 8.91 Å². The van der Waals surface area contributed by atoms with Crippen LogP contribution in [-0.2, 0) is 0 Å². The lowest BCUT2D eigenvalue weighted by Crippen LogP contribution is -1.91. The monoisotopic (exact) mass is 334 g/mol. The highest BCUT2D eigenvalue weighted by atomic mass is 79.9. The second-order valence-electron chi connectivity index (χ2n) is 4.04. The van der Waals surface area contributed by atoms with Crippen LogP contribution in [0.15, 0.2) is 45.7 Å². The zero-order chi connectivity index (χ0) is 14.1. The predicted molar refractivity (Wildman–Crippen MR) is 75.0 cm³/mol. The maximum Gasteiger partial charge on any atom is 0.260 e. The van der Waals surface area contributed by atoms with Crippen molar-refractivity contribution in [1.29, 1.82) is 0 Å². The summed E-state index contributed by atoms with van der Waals surface area (Å²) in [6.07, 6.45) is 3.08. The zero-order valence-electron chi connectivity index (χ0n) is 10.0. The fourth-order valence-electron chi connectivity index (χ4n) is 1.73. The van der Waals surface area contributed by atoms with Crippen molar-refractivity contribution in [1.82, 2.24) is 15.1 Å². The minimum Gasteiger partial charge on any atom is -0.397 e. The second-order valence-corrected chi connectivity index (χ2v) is 4.96. The van der Waals surface area contributed by atoms with Gasteiger partial charge in [0, 0.05) is 16.2 Å². The van der Waals surface area contributed by atoms with E-state index in [9.17, 15) is 4.39 Å². The molecule has 2 N–H and O–H groups in total. The number of hydrogen-bond donors (Lipinski definition) is 1. The molecule has 0 aliphatic rings. The van der Waals surface area contributed by atoms with Gasteiger partial charge < -0.3 is 10.3 Å². The van der Waals surface area contributed by atoms with Crippen molar-refractivity contribution >= 4 is 21.6 Å². The molecule has 7 heteroatoms. The van der Waals surface area contributed by atoms with Crippen LogP contribution in [0, 0.1) is 5.82 Å². The Morgan fingerprint density at radius 2 is 2.10 bits per heavy atom. The lowest BCUT2D eigenvalue weighted by atomic mass is 10.2. The van der Waals surface area contributed by atoms with Crippen molar-refractivity contribution in [2.75, 3.05) is 5.73 Å². The van der Waals surface area contributed by atoms with Crippen LogP contribution in [0.4, 0.5) is 10.1 Å². The maximum absolute atomic E-state index is 13.4. The van der Waals surface area contributed by atoms with Crippen LogP contribution in [0.3, 0.4) is 0 Å². The van der Waals surface area contributed by atoms with Crippen molar-refractivity contribution in [3.05, 3.63) is 46.9 Å². The number of halogens is 2. The second kappa shape index (κ2) is 5.01. The minimum absolute atomic E-state index is 0.264. The highest BCUT2D eigenvalue weighted by molar-refractivity contribution is 9.10. The van der Waals surface area contributed by atoms with Gasteiger partial charge in [-0.25, -0.2) is 4.39 Å². The molecule has 0 bridgehead atoms. The van der Waals surface area contributed by atoms with Crippen LogP contribution in [0.5, 0.6) is 0 Å². The van der Waals surface area contributed by atoms with Crippen LogP contribution >= 0.6 is 15.9 Å². The lowest BCUT2D eigenvalue weighted by Gasteiger charge is -1.98. The molecule has 3 rings (SSSR count). The number of benzene rings is 1. The van der Waals surface area contributed by atoms with Gasteiger partial charge in [-0.05, 0) is 24.3 Å². The van der Waals surface area contributed by atoms with Gasteiger partial charge >= 0.3 is 0 Å². The summed E-state index contributed by atoms with van der Waals surface area (Å²) < 4.78 is 19.1. The van der Waals surface area contributed by atoms with Crippen LogP contribution < -0.4 is 5.73 Å². The highest BCUT2D eigenvalue weighted by Gasteiger charge is 2.13. The first kappa shape index (κ1) is 12.7. The van der Waals surface area contributed by atoms with Crippen LogP contribution in [0.1, 0.15) is 0 Å². The summed E-state index contributed by atoms with van der Waals surface area (Å²) in [5.74, 6) is 0.167. The first-order valence-corrected chi connectivity index (χ1v) is 6.43. The average molecular weight is 335 g/mol. The van der Waals surface area contributed by atoms with Gasteiger partial charge in [0.05, 0.1) is 17.4 Å². The molecular formula is C13H8BrFN4O. The van der Waals surface area contributed by atoms with Gasteiger partial charge in [-0.3, -0.25) is 4.98 Å². The summed E-state index contributed by atoms with van der Waals surface area (Å²) in [5, 5.41) is 3.84. The van der Waals surface area contributed by atoms with Crippen LogP contribution in [0.2, 0.25) is 0 Å². The molecule has 2 heterocycles. The van der Waals surface area contributed by atoms with Crippen molar-refractivity contribution in [3.8, 4) is 22.8 Å². The van der Waals surface area contributed by atoms with Gasteiger partial charge in [0.2, 0.25) is 5.82 Å². The Bertz CT molecular complexity index is 754. The van der Waals surface area contributed by atoms with E-state index < -0.39 is 0 Å². The van der Waals surface area contributed by atoms with Gasteiger partial charge in [-0.2, -0.15) is 4.98 Å². The molecule has 0 saturated carbocycles. The molecule has 0 saturated heterocycles. The third-order valence-electron chi connectivity index (χ3n) is 2.63. The summed E-state index contributed by atoms with van der Waals surface area (Å²) in [4.78, 5) is 8.11. The zero-order valence-corrected chi connectivity index (χ0v) is 11.6. The lowest BCUT2D eigenvalue weighted by molar-refractivity contribution is 0.432. The summed E-state index contributed by atoms with van der Waals surface area (Å²) in [5.41, 5.74) is 7.33. The largest absolute Gasteiger partial charge is 0.397 e. The highest BCUT2D eigenvalue weighted by Crippen LogP contribution is 2.27. The Kier molecular flexibility index (Phi) is 3.19. The molecule has 0 aliphatic carbocycles. The Labute approximate surface area is 121 Å². The Morgan fingerprint density at radius 1 is 1.25 bits per heavy atom. The number of aromatic nitrogens is 3. The fraction of sp³-hybridized carbons (Fsp3) is 0. The van der Waals surface area contributed by atoms with E-state index >= 15 is 0 Å². The van der Waals surface area contributed by atoms with E-state index in [0.29, 0.717) is 21.3 Å². The summed E-state index contributed by atoms with van der Waals surface area (Å²) in [7, 11) is 0. The minimum atomic E-state index is -0.385. The molecule has 0 unspecified atom stereocenters. The number of rotatable bonds is 2. The third kappa shape index (κ3) is 2.39. The van der Waals surface area contributed by atoms with Crippen LogP contribution in [0.25, 0.3) is 22.8 Å². The quantitative estimate of drug-likeness (QED) is 0.778. The predicted octanol–water partition coefficient (Wildman–Crippen LogP) is 3.28. The molecule has 1 aromatic carbocycles. The Balaban J connectivity index is 2.04. The SMILES string of the molecule is Nc1cnccc1-c1nc(-c2cc(F)cc(Br)c2)no1. The van der Waals surface area contributed by atoms with E-state index in [1.807, 2.05) is 0 Å².